The molecular weight excluding hydrogens is 281 g/mol. The van der Waals surface area contributed by atoms with Crippen LogP contribution < -0.4 is 0 Å². The molecule has 1 aliphatic carbocycles. The van der Waals surface area contributed by atoms with Crippen LogP contribution in [0.3, 0.4) is 0 Å². The summed E-state index contributed by atoms with van der Waals surface area (Å²) in [5, 5.41) is 0. The number of hydrogen-bond donors (Lipinski definition) is 0. The maximum atomic E-state index is 13.3. The third-order valence-corrected chi connectivity index (χ3v) is 4.01. The Morgan fingerprint density at radius 1 is 1.29 bits per heavy atom. The van der Waals surface area contributed by atoms with Crippen molar-refractivity contribution >= 4 is 15.9 Å². The second-order valence-electron chi connectivity index (χ2n) is 4.78. The Labute approximate surface area is 111 Å². The first-order valence-corrected chi connectivity index (χ1v) is 7.17. The van der Waals surface area contributed by atoms with Crippen LogP contribution >= 0.6 is 15.9 Å². The van der Waals surface area contributed by atoms with E-state index in [1.165, 1.54) is 31.7 Å². The minimum absolute atomic E-state index is 0.156. The van der Waals surface area contributed by atoms with E-state index in [1.54, 1.807) is 6.07 Å². The van der Waals surface area contributed by atoms with Gasteiger partial charge in [-0.2, -0.15) is 0 Å². The van der Waals surface area contributed by atoms with Crippen LogP contribution in [0.25, 0.3) is 0 Å². The van der Waals surface area contributed by atoms with Crippen LogP contribution in [-0.2, 0) is 6.54 Å². The van der Waals surface area contributed by atoms with Gasteiger partial charge in [0.1, 0.15) is 5.82 Å². The summed E-state index contributed by atoms with van der Waals surface area (Å²) < 4.78 is 14.1. The van der Waals surface area contributed by atoms with Crippen molar-refractivity contribution in [3.8, 4) is 0 Å². The predicted octanol–water partition coefficient (Wildman–Crippen LogP) is 4.35. The smallest absolute Gasteiger partial charge is 0.124 e. The van der Waals surface area contributed by atoms with Crippen molar-refractivity contribution in [2.24, 2.45) is 0 Å². The highest BCUT2D eigenvalue weighted by Crippen LogP contribution is 2.25. The quantitative estimate of drug-likeness (QED) is 0.799. The van der Waals surface area contributed by atoms with Gasteiger partial charge in [-0.1, -0.05) is 35.7 Å². The monoisotopic (exact) mass is 299 g/mol. The number of benzene rings is 1. The standard InChI is InChI=1S/C14H19BrFN/c1-2-17(14-5-3-4-6-14)10-11-7-12(15)9-13(16)8-11/h7-9,14H,2-6,10H2,1H3. The van der Waals surface area contributed by atoms with Gasteiger partial charge in [0, 0.05) is 17.1 Å². The molecule has 0 N–H and O–H groups in total. The molecule has 17 heavy (non-hydrogen) atoms. The molecule has 0 saturated heterocycles. The predicted molar refractivity (Wildman–Crippen MR) is 72.4 cm³/mol. The van der Waals surface area contributed by atoms with E-state index in [2.05, 4.69) is 27.8 Å². The Kier molecular flexibility index (Phi) is 4.57. The summed E-state index contributed by atoms with van der Waals surface area (Å²) in [6, 6.07) is 5.86. The number of rotatable bonds is 4. The lowest BCUT2D eigenvalue weighted by Gasteiger charge is -2.27. The molecule has 0 heterocycles. The van der Waals surface area contributed by atoms with Gasteiger partial charge in [-0.25, -0.2) is 4.39 Å². The minimum atomic E-state index is -0.156. The Bertz CT molecular complexity index is 354. The van der Waals surface area contributed by atoms with Crippen LogP contribution in [0.5, 0.6) is 0 Å². The third kappa shape index (κ3) is 3.52. The van der Waals surface area contributed by atoms with Crippen molar-refractivity contribution in [1.29, 1.82) is 0 Å². The lowest BCUT2D eigenvalue weighted by Crippen LogP contribution is -2.32. The van der Waals surface area contributed by atoms with Gasteiger partial charge >= 0.3 is 0 Å². The van der Waals surface area contributed by atoms with E-state index in [0.717, 1.165) is 23.1 Å². The zero-order valence-electron chi connectivity index (χ0n) is 10.3. The van der Waals surface area contributed by atoms with E-state index >= 15 is 0 Å². The summed E-state index contributed by atoms with van der Waals surface area (Å²) >= 11 is 3.35. The zero-order valence-corrected chi connectivity index (χ0v) is 11.8. The molecule has 0 bridgehead atoms. The summed E-state index contributed by atoms with van der Waals surface area (Å²) in [5.74, 6) is -0.156. The van der Waals surface area contributed by atoms with Crippen molar-refractivity contribution in [2.45, 2.75) is 45.2 Å². The Hall–Kier alpha value is -0.410. The number of hydrogen-bond acceptors (Lipinski definition) is 1. The first kappa shape index (κ1) is 13.0. The van der Waals surface area contributed by atoms with E-state index in [0.29, 0.717) is 6.04 Å². The highest BCUT2D eigenvalue weighted by Gasteiger charge is 2.21. The minimum Gasteiger partial charge on any atom is -0.296 e. The Morgan fingerprint density at radius 3 is 2.59 bits per heavy atom. The second kappa shape index (κ2) is 5.96. The van der Waals surface area contributed by atoms with Crippen LogP contribution in [0.15, 0.2) is 22.7 Å². The molecule has 1 aliphatic rings. The molecule has 0 aromatic heterocycles. The molecule has 0 amide bonds. The lowest BCUT2D eigenvalue weighted by molar-refractivity contribution is 0.200. The molecule has 0 atom stereocenters. The van der Waals surface area contributed by atoms with Crippen LogP contribution in [-0.4, -0.2) is 17.5 Å². The maximum Gasteiger partial charge on any atom is 0.124 e. The second-order valence-corrected chi connectivity index (χ2v) is 5.69. The molecular formula is C14H19BrFN. The van der Waals surface area contributed by atoms with Crippen LogP contribution in [0.2, 0.25) is 0 Å². The van der Waals surface area contributed by atoms with Gasteiger partial charge in [0.25, 0.3) is 0 Å². The first-order chi connectivity index (χ1) is 8.19. The maximum absolute atomic E-state index is 13.3. The highest BCUT2D eigenvalue weighted by atomic mass is 79.9. The lowest BCUT2D eigenvalue weighted by atomic mass is 10.1. The van der Waals surface area contributed by atoms with Crippen LogP contribution in [0, 0.1) is 5.82 Å². The zero-order chi connectivity index (χ0) is 12.3. The Morgan fingerprint density at radius 2 is 2.00 bits per heavy atom. The first-order valence-electron chi connectivity index (χ1n) is 6.38. The number of nitrogens with zero attached hydrogens (tertiary/aromatic N) is 1. The van der Waals surface area contributed by atoms with E-state index < -0.39 is 0 Å². The summed E-state index contributed by atoms with van der Waals surface area (Å²) in [6.45, 7) is 4.09. The normalized spacial score (nSPS) is 16.9. The molecule has 0 unspecified atom stereocenters. The molecule has 1 saturated carbocycles. The fourth-order valence-electron chi connectivity index (χ4n) is 2.71. The average Bonchev–Trinajstić information content (AvgIpc) is 2.77. The van der Waals surface area contributed by atoms with Gasteiger partial charge in [0.15, 0.2) is 0 Å². The molecule has 0 radical (unpaired) electrons. The molecule has 1 aromatic carbocycles. The van der Waals surface area contributed by atoms with E-state index in [4.69, 9.17) is 0 Å². The number of halogens is 2. The third-order valence-electron chi connectivity index (χ3n) is 3.56. The van der Waals surface area contributed by atoms with Gasteiger partial charge in [-0.05, 0) is 43.1 Å². The van der Waals surface area contributed by atoms with Crippen molar-refractivity contribution in [3.63, 3.8) is 0 Å². The van der Waals surface area contributed by atoms with Gasteiger partial charge in [0.2, 0.25) is 0 Å². The largest absolute Gasteiger partial charge is 0.296 e. The van der Waals surface area contributed by atoms with Crippen LogP contribution in [0.4, 0.5) is 4.39 Å². The molecule has 1 fully saturated rings. The molecule has 0 aliphatic heterocycles. The highest BCUT2D eigenvalue weighted by molar-refractivity contribution is 9.10. The summed E-state index contributed by atoms with van der Waals surface area (Å²) in [6.07, 6.45) is 5.27. The summed E-state index contributed by atoms with van der Waals surface area (Å²) in [5.41, 5.74) is 1.06. The molecule has 1 nitrogen and oxygen atoms in total. The van der Waals surface area contributed by atoms with Gasteiger partial charge in [-0.15, -0.1) is 0 Å². The van der Waals surface area contributed by atoms with E-state index in [1.807, 2.05) is 6.07 Å². The van der Waals surface area contributed by atoms with E-state index in [9.17, 15) is 4.39 Å². The molecule has 0 spiro atoms. The van der Waals surface area contributed by atoms with Crippen LogP contribution in [0.1, 0.15) is 38.2 Å². The van der Waals surface area contributed by atoms with Crippen molar-refractivity contribution in [1.82, 2.24) is 4.90 Å². The molecule has 94 valence electrons. The van der Waals surface area contributed by atoms with Crippen molar-refractivity contribution in [3.05, 3.63) is 34.1 Å². The van der Waals surface area contributed by atoms with Crippen molar-refractivity contribution in [2.75, 3.05) is 6.54 Å². The van der Waals surface area contributed by atoms with Gasteiger partial charge < -0.3 is 0 Å². The average molecular weight is 300 g/mol. The topological polar surface area (TPSA) is 3.24 Å². The van der Waals surface area contributed by atoms with Gasteiger partial charge in [0.05, 0.1) is 0 Å². The fourth-order valence-corrected chi connectivity index (χ4v) is 3.22. The molecule has 1 aromatic rings. The SMILES string of the molecule is CCN(Cc1cc(F)cc(Br)c1)C1CCCC1. The van der Waals surface area contributed by atoms with Gasteiger partial charge in [-0.3, -0.25) is 4.90 Å². The Balaban J connectivity index is 2.06. The molecule has 3 heteroatoms. The summed E-state index contributed by atoms with van der Waals surface area (Å²) in [4.78, 5) is 2.47. The van der Waals surface area contributed by atoms with Crippen molar-refractivity contribution < 1.29 is 4.39 Å². The fraction of sp³-hybridized carbons (Fsp3) is 0.571. The van der Waals surface area contributed by atoms with E-state index in [-0.39, 0.29) is 5.82 Å². The summed E-state index contributed by atoms with van der Waals surface area (Å²) in [7, 11) is 0. The molecule has 2 rings (SSSR count).